The maximum Gasteiger partial charge on any atom is 0.128 e. The Morgan fingerprint density at radius 2 is 0.333 bits per heavy atom. The van der Waals surface area contributed by atoms with E-state index >= 15 is 0 Å². The van der Waals surface area contributed by atoms with Gasteiger partial charge in [0.1, 0.15) is 231 Å². The van der Waals surface area contributed by atoms with Crippen molar-refractivity contribution < 1.29 is 4.42 Å². The van der Waals surface area contributed by atoms with Crippen molar-refractivity contribution in [2.45, 2.75) is 0 Å². The van der Waals surface area contributed by atoms with Crippen molar-refractivity contribution >= 4 is 438 Å². The molecule has 0 saturated heterocycles. The molecule has 0 saturated carbocycles. The number of rotatable bonds is 3. The number of furan rings is 1. The topological polar surface area (TPSA) is 13.1 Å². The molecule has 10 rings (SSSR count). The Kier molecular flexibility index (Phi) is 13.0. The van der Waals surface area contributed by atoms with Crippen LogP contribution in [0.3, 0.4) is 0 Å². The van der Waals surface area contributed by atoms with Crippen molar-refractivity contribution in [2.75, 3.05) is 0 Å². The lowest BCUT2D eigenvalue weighted by atomic mass is 9.55. The van der Waals surface area contributed by atoms with Gasteiger partial charge in [0, 0.05) is 10.8 Å². The van der Waals surface area contributed by atoms with Gasteiger partial charge < -0.3 is 4.42 Å². The average molecular weight is 871 g/mol. The van der Waals surface area contributed by atoms with Gasteiger partial charge in [-0.1, -0.05) is 92.9 Å². The predicted molar refractivity (Wildman–Crippen MR) is 351 cm³/mol. The quantitative estimate of drug-likeness (QED) is 0.127. The van der Waals surface area contributed by atoms with Gasteiger partial charge in [-0.15, -0.1) is 54.6 Å². The van der Waals surface area contributed by atoms with E-state index in [9.17, 15) is 0 Å². The van der Waals surface area contributed by atoms with Crippen molar-refractivity contribution in [3.05, 3.63) is 0 Å². The summed E-state index contributed by atoms with van der Waals surface area (Å²) in [7, 11) is 190. The van der Waals surface area contributed by atoms with E-state index in [1.54, 1.807) is 0 Å². The van der Waals surface area contributed by atoms with Crippen LogP contribution in [-0.2, 0) is 0 Å². The largest absolute Gasteiger partial charge is 0.457 e. The van der Waals surface area contributed by atoms with Gasteiger partial charge in [-0.25, -0.2) is 0 Å². The highest BCUT2D eigenvalue weighted by atomic mass is 16.3. The molecular weight excluding hydrogens is 871 g/mol. The van der Waals surface area contributed by atoms with Gasteiger partial charge in [0.05, 0.1) is 0 Å². The van der Waals surface area contributed by atoms with Gasteiger partial charge in [-0.2, -0.15) is 0 Å². The molecule has 0 spiro atoms. The fraction of sp³-hybridized carbons (Fsp3) is 0. The molecule has 0 aliphatic carbocycles. The molecule has 0 bridgehead atoms. The molecule has 0 aliphatic rings. The smallest absolute Gasteiger partial charge is 0.128 e. The summed E-state index contributed by atoms with van der Waals surface area (Å²) < 4.78 is 6.51. The minimum atomic E-state index is -0.248. The molecule has 75 heavy (non-hydrogen) atoms. The molecule has 1 heterocycles. The first-order valence-corrected chi connectivity index (χ1v) is 22.0. The number of fused-ring (bicyclic) bond motifs is 7. The van der Waals surface area contributed by atoms with E-state index in [0.29, 0.717) is 0 Å². The summed E-state index contributed by atoms with van der Waals surface area (Å²) in [6.07, 6.45) is 0. The lowest BCUT2D eigenvalue weighted by molar-refractivity contribution is 0.675. The molecule has 56 radical (unpaired) electrons. The lowest BCUT2D eigenvalue weighted by Crippen LogP contribution is -2.56. The van der Waals surface area contributed by atoms with Crippen LogP contribution in [0.1, 0.15) is 0 Å². The SMILES string of the molecule is [B]c1c([B])c([B])c(-c2c([B])c([B])c3c([B])c(-c4c5c([B])c([B])c([B])c([B])c5c(-c5c([B])c([B])c([B])c6oc7c([B])c8c([B])c([B])c([B])c([B])c8c([B])c7c56)c5c([B])c([B])c([B])c([B])c45)c([B])c([B])c3c2[B])c([B])c1[B]. The molecule has 0 N–H and O–H groups in total. The molecule has 1 nitrogen and oxygen atoms in total. The van der Waals surface area contributed by atoms with Crippen molar-refractivity contribution in [1.29, 1.82) is 0 Å². The van der Waals surface area contributed by atoms with E-state index < -0.39 is 0 Å². The van der Waals surface area contributed by atoms with E-state index in [-0.39, 0.29) is 251 Å². The van der Waals surface area contributed by atoms with Gasteiger partial charge in [-0.3, -0.25) is 0 Å². The van der Waals surface area contributed by atoms with Gasteiger partial charge in [0.2, 0.25) is 0 Å². The van der Waals surface area contributed by atoms with Crippen molar-refractivity contribution in [3.63, 3.8) is 0 Å². The Labute approximate surface area is 472 Å². The third-order valence-electron chi connectivity index (χ3n) is 14.7. The van der Waals surface area contributed by atoms with Crippen molar-refractivity contribution in [2.24, 2.45) is 0 Å². The third-order valence-corrected chi connectivity index (χ3v) is 14.7. The van der Waals surface area contributed by atoms with E-state index in [1.807, 2.05) is 0 Å². The minimum absolute atomic E-state index is 0.00323. The molecule has 1 aromatic heterocycles. The first kappa shape index (κ1) is 54.0. The summed E-state index contributed by atoms with van der Waals surface area (Å²) >= 11 is 0. The van der Waals surface area contributed by atoms with Crippen LogP contribution in [0, 0.1) is 0 Å². The monoisotopic (exact) mass is 876 g/mol. The molecule has 0 unspecified atom stereocenters. The summed E-state index contributed by atoms with van der Waals surface area (Å²) in [6, 6.07) is 0. The third kappa shape index (κ3) is 6.85. The Bertz CT molecular complexity index is 4330. The number of hydrogen-bond acceptors (Lipinski definition) is 1. The Morgan fingerprint density at radius 1 is 0.120 bits per heavy atom. The number of hydrogen-bond donors (Lipinski definition) is 0. The normalized spacial score (nSPS) is 11.9. The molecule has 10 aromatic rings. The van der Waals surface area contributed by atoms with Crippen LogP contribution in [0.4, 0.5) is 0 Å². The summed E-state index contributed by atoms with van der Waals surface area (Å²) in [5.74, 6) is 0. The maximum atomic E-state index is 7.31. The van der Waals surface area contributed by atoms with Crippen LogP contribution in [0.25, 0.3) is 98.4 Å². The minimum Gasteiger partial charge on any atom is -0.457 e. The Balaban J connectivity index is 1.50. The van der Waals surface area contributed by atoms with Crippen LogP contribution in [0.2, 0.25) is 0 Å². The molecule has 0 amide bonds. The molecular formula is C46B28O. The molecule has 9 aromatic carbocycles. The summed E-state index contributed by atoms with van der Waals surface area (Å²) in [4.78, 5) is 0. The summed E-state index contributed by atoms with van der Waals surface area (Å²) in [5, 5.41) is 0.244. The fourth-order valence-corrected chi connectivity index (χ4v) is 10.7. The van der Waals surface area contributed by atoms with Gasteiger partial charge in [0.15, 0.2) is 0 Å². The standard InChI is InChI=1S/C46B28O/c47-17-9(25(55)26(56)11-10(17)27(57)28(58)12(18(11)48)14-30(60)40(70)43(73)41(71)31(14)61)2-5-3(20(50)34(64)36(66)22(5)52)1(4-6(2)23(53)37(67)35(65)21(4)51)7-8-16-19(49)13-15(32(62)39(69)38(68)29(13)59)33(63)46(16)75-45(8)44(74)42(72)24(7)54. The maximum absolute atomic E-state index is 7.31. The van der Waals surface area contributed by atoms with Crippen LogP contribution < -0.4 is 153 Å². The van der Waals surface area contributed by atoms with E-state index in [2.05, 4.69) is 0 Å². The zero-order valence-electron chi connectivity index (χ0n) is 39.6. The van der Waals surface area contributed by atoms with Crippen LogP contribution in [0.15, 0.2) is 4.42 Å². The van der Waals surface area contributed by atoms with Crippen LogP contribution >= 0.6 is 0 Å². The van der Waals surface area contributed by atoms with Gasteiger partial charge >= 0.3 is 0 Å². The fourth-order valence-electron chi connectivity index (χ4n) is 10.7. The zero-order chi connectivity index (χ0) is 55.3. The first-order valence-electron chi connectivity index (χ1n) is 22.0. The molecule has 0 aliphatic heterocycles. The molecule has 29 heteroatoms. The summed E-state index contributed by atoms with van der Waals surface area (Å²) in [6.45, 7) is 0. The van der Waals surface area contributed by atoms with Crippen LogP contribution in [0.5, 0.6) is 0 Å². The number of benzene rings is 9. The average Bonchev–Trinajstić information content (AvgIpc) is 3.78. The van der Waals surface area contributed by atoms with E-state index in [1.165, 1.54) is 0 Å². The Morgan fingerprint density at radius 3 is 0.720 bits per heavy atom. The molecule has 0 fully saturated rings. The highest BCUT2D eigenvalue weighted by Crippen LogP contribution is 2.43. The van der Waals surface area contributed by atoms with Crippen molar-refractivity contribution in [1.82, 2.24) is 0 Å². The predicted octanol–water partition coefficient (Wildman–Crippen LogP) is -20.6. The van der Waals surface area contributed by atoms with Crippen molar-refractivity contribution in [3.8, 4) is 33.4 Å². The Hall–Kier alpha value is -4.36. The second-order valence-electron chi connectivity index (χ2n) is 18.3. The van der Waals surface area contributed by atoms with E-state index in [0.717, 1.165) is 0 Å². The molecule has 274 valence electrons. The second-order valence-corrected chi connectivity index (χ2v) is 18.3. The van der Waals surface area contributed by atoms with Gasteiger partial charge in [0.25, 0.3) is 0 Å². The zero-order valence-corrected chi connectivity index (χ0v) is 39.6. The molecule has 0 atom stereocenters. The first-order chi connectivity index (χ1) is 35.0. The lowest BCUT2D eigenvalue weighted by Gasteiger charge is -2.32. The second kappa shape index (κ2) is 18.1. The van der Waals surface area contributed by atoms with Gasteiger partial charge in [-0.05, 0) is 81.9 Å². The van der Waals surface area contributed by atoms with Crippen LogP contribution in [-0.4, -0.2) is 220 Å². The highest BCUT2D eigenvalue weighted by molar-refractivity contribution is 6.78. The van der Waals surface area contributed by atoms with E-state index in [4.69, 9.17) is 224 Å². The summed E-state index contributed by atoms with van der Waals surface area (Å²) in [5.41, 5.74) is -4.62. The highest BCUT2D eigenvalue weighted by Gasteiger charge is 2.32.